The Hall–Kier alpha value is -3.41. The van der Waals surface area contributed by atoms with Gasteiger partial charge in [-0.15, -0.1) is 11.3 Å². The fourth-order valence-corrected chi connectivity index (χ4v) is 5.63. The minimum Gasteiger partial charge on any atom is -0.469 e. The molecule has 0 aliphatic rings. The van der Waals surface area contributed by atoms with E-state index in [0.717, 1.165) is 26.4 Å². The molecule has 174 valence electrons. The van der Waals surface area contributed by atoms with Crippen LogP contribution < -0.4 is 4.90 Å². The number of nitrogens with zero attached hydrogens (tertiary/aromatic N) is 1. The Balaban J connectivity index is 1.55. The molecule has 0 fully saturated rings. The van der Waals surface area contributed by atoms with Crippen LogP contribution in [-0.4, -0.2) is 13.1 Å². The average molecular weight is 542 g/mol. The number of anilines is 3. The van der Waals surface area contributed by atoms with Crippen molar-refractivity contribution >= 4 is 61.1 Å². The lowest BCUT2D eigenvalue weighted by molar-refractivity contribution is -0.140. The zero-order valence-electron chi connectivity index (χ0n) is 19.3. The summed E-state index contributed by atoms with van der Waals surface area (Å²) in [7, 11) is 1.43. The summed E-state index contributed by atoms with van der Waals surface area (Å²) in [5.74, 6) is -0.190. The van der Waals surface area contributed by atoms with E-state index in [4.69, 9.17) is 4.74 Å². The summed E-state index contributed by atoms with van der Waals surface area (Å²) in [6.45, 7) is 0. The molecule has 4 aromatic carbocycles. The smallest absolute Gasteiger partial charge is 0.305 e. The number of methoxy groups -OCH3 is 1. The van der Waals surface area contributed by atoms with Gasteiger partial charge in [-0.1, -0.05) is 60.7 Å². The molecule has 0 atom stereocenters. The summed E-state index contributed by atoms with van der Waals surface area (Å²) in [5, 5.41) is 2.39. The van der Waals surface area contributed by atoms with Crippen molar-refractivity contribution in [3.63, 3.8) is 0 Å². The normalized spacial score (nSPS) is 10.9. The van der Waals surface area contributed by atoms with E-state index in [2.05, 4.69) is 124 Å². The Morgan fingerprint density at radius 3 is 2.20 bits per heavy atom. The molecular weight excluding hydrogens is 518 g/mol. The fraction of sp³-hybridized carbons (Fsp3) is 0.100. The summed E-state index contributed by atoms with van der Waals surface area (Å²) in [6.07, 6.45) is 1.04. The van der Waals surface area contributed by atoms with Crippen molar-refractivity contribution in [2.75, 3.05) is 12.0 Å². The van der Waals surface area contributed by atoms with Crippen LogP contribution in [-0.2, 0) is 16.0 Å². The fourth-order valence-electron chi connectivity index (χ4n) is 4.23. The maximum atomic E-state index is 11.6. The SMILES string of the molecule is COC(=O)CCc1ccc(N(c2ccc(-c3ccc(Br)s3)cc2)c2cccc3ccccc23)cc1. The number of hydrogen-bond acceptors (Lipinski definition) is 4. The van der Waals surface area contributed by atoms with Gasteiger partial charge in [0.25, 0.3) is 0 Å². The summed E-state index contributed by atoms with van der Waals surface area (Å²) in [6, 6.07) is 36.2. The molecule has 0 spiro atoms. The van der Waals surface area contributed by atoms with Gasteiger partial charge in [-0.2, -0.15) is 0 Å². The highest BCUT2D eigenvalue weighted by molar-refractivity contribution is 9.11. The largest absolute Gasteiger partial charge is 0.469 e. The Labute approximate surface area is 217 Å². The van der Waals surface area contributed by atoms with Crippen LogP contribution >= 0.6 is 27.3 Å². The number of aryl methyl sites for hydroxylation is 1. The minimum atomic E-state index is -0.190. The van der Waals surface area contributed by atoms with Gasteiger partial charge < -0.3 is 9.64 Å². The second-order valence-electron chi connectivity index (χ2n) is 8.23. The predicted octanol–water partition coefficient (Wildman–Crippen LogP) is 8.91. The number of benzene rings is 4. The molecule has 0 aliphatic carbocycles. The molecule has 1 aromatic heterocycles. The monoisotopic (exact) mass is 541 g/mol. The number of fused-ring (bicyclic) bond motifs is 1. The molecule has 0 radical (unpaired) electrons. The first-order chi connectivity index (χ1) is 17.1. The van der Waals surface area contributed by atoms with Crippen molar-refractivity contribution in [2.24, 2.45) is 0 Å². The van der Waals surface area contributed by atoms with E-state index in [-0.39, 0.29) is 5.97 Å². The highest BCUT2D eigenvalue weighted by atomic mass is 79.9. The molecule has 0 saturated carbocycles. The highest BCUT2D eigenvalue weighted by Crippen LogP contribution is 2.40. The summed E-state index contributed by atoms with van der Waals surface area (Å²) in [4.78, 5) is 15.1. The van der Waals surface area contributed by atoms with Gasteiger partial charge in [0.1, 0.15) is 0 Å². The van der Waals surface area contributed by atoms with Crippen LogP contribution in [0.4, 0.5) is 17.1 Å². The number of hydrogen-bond donors (Lipinski definition) is 0. The zero-order chi connectivity index (χ0) is 24.2. The molecule has 5 rings (SSSR count). The first kappa shape index (κ1) is 23.3. The Morgan fingerprint density at radius 2 is 1.51 bits per heavy atom. The lowest BCUT2D eigenvalue weighted by atomic mass is 10.0. The van der Waals surface area contributed by atoms with Crippen molar-refractivity contribution in [1.82, 2.24) is 0 Å². The van der Waals surface area contributed by atoms with Gasteiger partial charge in [-0.3, -0.25) is 4.79 Å². The van der Waals surface area contributed by atoms with E-state index in [1.807, 2.05) is 0 Å². The predicted molar refractivity (Wildman–Crippen MR) is 150 cm³/mol. The zero-order valence-corrected chi connectivity index (χ0v) is 21.7. The Morgan fingerprint density at radius 1 is 0.829 bits per heavy atom. The summed E-state index contributed by atoms with van der Waals surface area (Å²) in [5.41, 5.74) is 5.57. The van der Waals surface area contributed by atoms with Crippen LogP contribution in [0.25, 0.3) is 21.2 Å². The van der Waals surface area contributed by atoms with Crippen molar-refractivity contribution < 1.29 is 9.53 Å². The van der Waals surface area contributed by atoms with Crippen LogP contribution in [0.3, 0.4) is 0 Å². The second kappa shape index (κ2) is 10.5. The van der Waals surface area contributed by atoms with Gasteiger partial charge in [0.2, 0.25) is 0 Å². The molecule has 0 aliphatic heterocycles. The number of thiophene rings is 1. The molecule has 1 heterocycles. The van der Waals surface area contributed by atoms with Gasteiger partial charge in [0.05, 0.1) is 16.6 Å². The Bertz CT molecular complexity index is 1450. The number of rotatable bonds is 7. The third-order valence-corrected chi connectivity index (χ3v) is 7.70. The minimum absolute atomic E-state index is 0.190. The molecule has 5 aromatic rings. The third-order valence-electron chi connectivity index (χ3n) is 6.03. The number of carbonyl (C=O) groups excluding carboxylic acids is 1. The average Bonchev–Trinajstić information content (AvgIpc) is 3.35. The molecule has 35 heavy (non-hydrogen) atoms. The van der Waals surface area contributed by atoms with Crippen LogP contribution in [0.2, 0.25) is 0 Å². The molecule has 3 nitrogen and oxygen atoms in total. The second-order valence-corrected chi connectivity index (χ2v) is 10.7. The molecule has 0 N–H and O–H groups in total. The van der Waals surface area contributed by atoms with E-state index < -0.39 is 0 Å². The standard InChI is InChI=1S/C30H24BrNO2S/c1-34-30(33)20-11-21-9-14-24(15-10-21)32(27-8-4-6-22-5-2-3-7-26(22)27)25-16-12-23(13-17-25)28-18-19-29(31)35-28/h2-10,12-19H,11,20H2,1H3. The summed E-state index contributed by atoms with van der Waals surface area (Å²) >= 11 is 5.29. The topological polar surface area (TPSA) is 29.5 Å². The number of carbonyl (C=O) groups is 1. The number of esters is 1. The molecule has 0 unspecified atom stereocenters. The summed E-state index contributed by atoms with van der Waals surface area (Å²) < 4.78 is 5.91. The van der Waals surface area contributed by atoms with Crippen molar-refractivity contribution in [3.05, 3.63) is 112 Å². The third kappa shape index (κ3) is 5.16. The number of halogens is 1. The first-order valence-corrected chi connectivity index (χ1v) is 13.0. The molecule has 0 bridgehead atoms. The van der Waals surface area contributed by atoms with Gasteiger partial charge in [0.15, 0.2) is 0 Å². The van der Waals surface area contributed by atoms with Crippen LogP contribution in [0, 0.1) is 0 Å². The van der Waals surface area contributed by atoms with Crippen molar-refractivity contribution in [1.29, 1.82) is 0 Å². The lowest BCUT2D eigenvalue weighted by Crippen LogP contribution is -2.10. The van der Waals surface area contributed by atoms with Gasteiger partial charge in [-0.25, -0.2) is 0 Å². The van der Waals surface area contributed by atoms with E-state index in [1.54, 1.807) is 11.3 Å². The van der Waals surface area contributed by atoms with Crippen LogP contribution in [0.15, 0.2) is 107 Å². The van der Waals surface area contributed by atoms with Gasteiger partial charge in [0, 0.05) is 28.1 Å². The molecule has 5 heteroatoms. The highest BCUT2D eigenvalue weighted by Gasteiger charge is 2.16. The van der Waals surface area contributed by atoms with E-state index in [1.165, 1.54) is 28.3 Å². The Kier molecular flexibility index (Phi) is 6.98. The van der Waals surface area contributed by atoms with E-state index >= 15 is 0 Å². The maximum absolute atomic E-state index is 11.6. The first-order valence-electron chi connectivity index (χ1n) is 11.4. The van der Waals surface area contributed by atoms with Gasteiger partial charge in [-0.05, 0) is 81.3 Å². The molecular formula is C30H24BrNO2S. The van der Waals surface area contributed by atoms with E-state index in [9.17, 15) is 4.79 Å². The lowest BCUT2D eigenvalue weighted by Gasteiger charge is -2.27. The van der Waals surface area contributed by atoms with Crippen molar-refractivity contribution in [2.45, 2.75) is 12.8 Å². The quantitative estimate of drug-likeness (QED) is 0.192. The molecule has 0 saturated heterocycles. The van der Waals surface area contributed by atoms with Crippen LogP contribution in [0.1, 0.15) is 12.0 Å². The van der Waals surface area contributed by atoms with Crippen LogP contribution in [0.5, 0.6) is 0 Å². The number of ether oxygens (including phenoxy) is 1. The van der Waals surface area contributed by atoms with E-state index in [0.29, 0.717) is 12.8 Å². The van der Waals surface area contributed by atoms with Gasteiger partial charge >= 0.3 is 5.97 Å². The maximum Gasteiger partial charge on any atom is 0.305 e. The van der Waals surface area contributed by atoms with Crippen molar-refractivity contribution in [3.8, 4) is 10.4 Å². The molecule has 0 amide bonds.